The molecule has 1 N–H and O–H groups in total. The van der Waals surface area contributed by atoms with Gasteiger partial charge in [0.15, 0.2) is 0 Å². The molecule has 2 rings (SSSR count). The lowest BCUT2D eigenvalue weighted by Crippen LogP contribution is -2.29. The molecule has 0 fully saturated rings. The molecule has 4 nitrogen and oxygen atoms in total. The topological polar surface area (TPSA) is 43.8 Å². The Morgan fingerprint density at radius 1 is 1.53 bits per heavy atom. The monoisotopic (exact) mass is 262 g/mol. The van der Waals surface area contributed by atoms with Crippen LogP contribution in [0.3, 0.4) is 0 Å². The highest BCUT2D eigenvalue weighted by Crippen LogP contribution is 2.36. The van der Waals surface area contributed by atoms with Crippen LogP contribution in [0.15, 0.2) is 18.2 Å². The van der Waals surface area contributed by atoms with E-state index >= 15 is 0 Å². The molecule has 19 heavy (non-hydrogen) atoms. The van der Waals surface area contributed by atoms with Crippen molar-refractivity contribution in [1.29, 1.82) is 0 Å². The van der Waals surface area contributed by atoms with Crippen molar-refractivity contribution in [1.82, 2.24) is 5.06 Å². The second-order valence-electron chi connectivity index (χ2n) is 5.15. The van der Waals surface area contributed by atoms with Crippen molar-refractivity contribution in [3.63, 3.8) is 0 Å². The van der Waals surface area contributed by atoms with Crippen LogP contribution in [0.1, 0.15) is 43.9 Å². The number of carbonyl (C=O) groups excluding carboxylic acids is 1. The number of carbonyl (C=O) groups is 1. The number of hydroxylamine groups is 2. The molecule has 1 amide bonds. The molecular formula is C15H22N2O2. The summed E-state index contributed by atoms with van der Waals surface area (Å²) in [5.74, 6) is 0.0618. The van der Waals surface area contributed by atoms with Gasteiger partial charge in [0.05, 0.1) is 6.04 Å². The van der Waals surface area contributed by atoms with E-state index in [2.05, 4.69) is 19.1 Å². The first-order chi connectivity index (χ1) is 9.04. The number of benzene rings is 1. The van der Waals surface area contributed by atoms with Crippen LogP contribution in [0.2, 0.25) is 0 Å². The maximum atomic E-state index is 11.8. The number of amides is 1. The molecule has 1 aromatic carbocycles. The third-order valence-electron chi connectivity index (χ3n) is 3.84. The maximum Gasteiger partial charge on any atom is 0.223 e. The number of anilines is 1. The Morgan fingerprint density at radius 2 is 2.26 bits per heavy atom. The van der Waals surface area contributed by atoms with Crippen LogP contribution >= 0.6 is 0 Å². The minimum absolute atomic E-state index is 0.0363. The van der Waals surface area contributed by atoms with E-state index in [0.717, 1.165) is 37.1 Å². The van der Waals surface area contributed by atoms with Crippen molar-refractivity contribution in [2.45, 2.75) is 39.2 Å². The molecule has 0 spiro atoms. The van der Waals surface area contributed by atoms with E-state index in [0.29, 0.717) is 0 Å². The first kappa shape index (κ1) is 14.0. The van der Waals surface area contributed by atoms with Crippen molar-refractivity contribution >= 4 is 11.6 Å². The van der Waals surface area contributed by atoms with Crippen LogP contribution in [0.25, 0.3) is 0 Å². The second-order valence-corrected chi connectivity index (χ2v) is 5.15. The highest BCUT2D eigenvalue weighted by Gasteiger charge is 2.27. The Hall–Kier alpha value is -1.39. The van der Waals surface area contributed by atoms with E-state index in [1.165, 1.54) is 10.6 Å². The van der Waals surface area contributed by atoms with E-state index in [-0.39, 0.29) is 11.9 Å². The Balaban J connectivity index is 2.53. The number of aryl methyl sites for hydroxylation is 1. The van der Waals surface area contributed by atoms with Crippen molar-refractivity contribution in [2.24, 2.45) is 0 Å². The van der Waals surface area contributed by atoms with Gasteiger partial charge in [0.2, 0.25) is 5.91 Å². The highest BCUT2D eigenvalue weighted by atomic mass is 16.5. The van der Waals surface area contributed by atoms with Crippen LogP contribution in [0.5, 0.6) is 0 Å². The van der Waals surface area contributed by atoms with Gasteiger partial charge in [0.1, 0.15) is 0 Å². The van der Waals surface area contributed by atoms with Gasteiger partial charge in [-0.25, -0.2) is 0 Å². The fourth-order valence-electron chi connectivity index (χ4n) is 2.77. The van der Waals surface area contributed by atoms with Crippen molar-refractivity contribution in [2.75, 3.05) is 18.5 Å². The van der Waals surface area contributed by atoms with Gasteiger partial charge in [0, 0.05) is 26.2 Å². The number of rotatable bonds is 2. The predicted molar refractivity (Wildman–Crippen MR) is 75.4 cm³/mol. The fraction of sp³-hybridized carbons (Fsp3) is 0.533. The molecule has 1 heterocycles. The van der Waals surface area contributed by atoms with E-state index in [1.54, 1.807) is 14.0 Å². The average Bonchev–Trinajstić information content (AvgIpc) is 2.57. The molecule has 4 heteroatoms. The molecule has 1 unspecified atom stereocenters. The lowest BCUT2D eigenvalue weighted by Gasteiger charge is -2.26. The molecule has 0 saturated heterocycles. The smallest absolute Gasteiger partial charge is 0.223 e. The maximum absolute atomic E-state index is 11.8. The molecular weight excluding hydrogens is 240 g/mol. The van der Waals surface area contributed by atoms with E-state index < -0.39 is 0 Å². The molecule has 1 atom stereocenters. The quantitative estimate of drug-likeness (QED) is 0.833. The molecule has 0 bridgehead atoms. The normalized spacial score (nSPS) is 19.2. The predicted octanol–water partition coefficient (Wildman–Crippen LogP) is 2.76. The Labute approximate surface area is 114 Å². The minimum atomic E-state index is -0.0363. The Morgan fingerprint density at radius 3 is 2.84 bits per heavy atom. The van der Waals surface area contributed by atoms with Crippen LogP contribution in [-0.2, 0) is 11.2 Å². The molecule has 0 aliphatic carbocycles. The third-order valence-corrected chi connectivity index (χ3v) is 3.84. The largest absolute Gasteiger partial charge is 0.314 e. The van der Waals surface area contributed by atoms with Gasteiger partial charge in [-0.2, -0.15) is 5.06 Å². The van der Waals surface area contributed by atoms with Gasteiger partial charge >= 0.3 is 0 Å². The lowest BCUT2D eigenvalue weighted by molar-refractivity contribution is -0.116. The van der Waals surface area contributed by atoms with Crippen LogP contribution in [-0.4, -0.2) is 29.8 Å². The summed E-state index contributed by atoms with van der Waals surface area (Å²) in [6.07, 6.45) is 2.71. The summed E-state index contributed by atoms with van der Waals surface area (Å²) in [7, 11) is 1.68. The van der Waals surface area contributed by atoms with Gasteiger partial charge in [-0.1, -0.05) is 19.1 Å². The highest BCUT2D eigenvalue weighted by molar-refractivity contribution is 5.92. The molecule has 104 valence electrons. The summed E-state index contributed by atoms with van der Waals surface area (Å²) in [5, 5.41) is 11.1. The summed E-state index contributed by atoms with van der Waals surface area (Å²) in [6.45, 7) is 4.43. The molecule has 1 aliphatic rings. The van der Waals surface area contributed by atoms with Crippen LogP contribution < -0.4 is 4.90 Å². The number of hydrogen-bond acceptors (Lipinski definition) is 3. The van der Waals surface area contributed by atoms with E-state index in [1.807, 2.05) is 11.0 Å². The zero-order valence-electron chi connectivity index (χ0n) is 11.9. The van der Waals surface area contributed by atoms with Crippen molar-refractivity contribution in [3.8, 4) is 0 Å². The third kappa shape index (κ3) is 2.80. The molecule has 1 aromatic rings. The summed E-state index contributed by atoms with van der Waals surface area (Å²) >= 11 is 0. The second kappa shape index (κ2) is 5.72. The van der Waals surface area contributed by atoms with Gasteiger partial charge in [-0.15, -0.1) is 0 Å². The average molecular weight is 262 g/mol. The molecule has 0 aromatic heterocycles. The first-order valence-corrected chi connectivity index (χ1v) is 6.87. The summed E-state index contributed by atoms with van der Waals surface area (Å²) in [5.41, 5.74) is 3.22. The van der Waals surface area contributed by atoms with Crippen molar-refractivity contribution in [3.05, 3.63) is 29.3 Å². The standard InChI is InChI=1S/C15H22N2O2/c1-4-12-7-8-15-13(10-12)14(16(3)19)6-5-9-17(15)11(2)18/h7-8,10,14,19H,4-6,9H2,1-3H3. The van der Waals surface area contributed by atoms with Crippen LogP contribution in [0.4, 0.5) is 5.69 Å². The Kier molecular flexibility index (Phi) is 4.22. The SMILES string of the molecule is CCc1ccc2c(c1)C(N(C)O)CCCN2C(C)=O. The molecule has 1 aliphatic heterocycles. The van der Waals surface area contributed by atoms with Crippen LogP contribution in [0, 0.1) is 0 Å². The summed E-state index contributed by atoms with van der Waals surface area (Å²) < 4.78 is 0. The zero-order chi connectivity index (χ0) is 14.0. The Bertz CT molecular complexity index is 471. The zero-order valence-corrected chi connectivity index (χ0v) is 11.9. The van der Waals surface area contributed by atoms with Gasteiger partial charge in [-0.3, -0.25) is 4.79 Å². The van der Waals surface area contributed by atoms with Crippen molar-refractivity contribution < 1.29 is 10.0 Å². The lowest BCUT2D eigenvalue weighted by atomic mass is 9.98. The van der Waals surface area contributed by atoms with E-state index in [4.69, 9.17) is 0 Å². The summed E-state index contributed by atoms with van der Waals surface area (Å²) in [6, 6.07) is 6.16. The fourth-order valence-corrected chi connectivity index (χ4v) is 2.77. The van der Waals surface area contributed by atoms with Gasteiger partial charge in [-0.05, 0) is 36.5 Å². The number of hydrogen-bond donors (Lipinski definition) is 1. The first-order valence-electron chi connectivity index (χ1n) is 6.87. The van der Waals surface area contributed by atoms with Gasteiger partial charge in [0.25, 0.3) is 0 Å². The van der Waals surface area contributed by atoms with E-state index in [9.17, 15) is 10.0 Å². The minimum Gasteiger partial charge on any atom is -0.314 e. The summed E-state index contributed by atoms with van der Waals surface area (Å²) in [4.78, 5) is 13.6. The molecule has 0 radical (unpaired) electrons. The number of nitrogens with zero attached hydrogens (tertiary/aromatic N) is 2. The molecule has 0 saturated carbocycles. The van der Waals surface area contributed by atoms with Gasteiger partial charge < -0.3 is 10.1 Å². The number of fused-ring (bicyclic) bond motifs is 1.